The minimum Gasteiger partial charge on any atom is -0.369 e. The molecule has 1 aromatic rings. The molecule has 0 aliphatic carbocycles. The lowest BCUT2D eigenvalue weighted by molar-refractivity contribution is -0.00782. The van der Waals surface area contributed by atoms with Crippen LogP contribution in [0.3, 0.4) is 0 Å². The number of ether oxygens (including phenoxy) is 1. The molecule has 0 saturated carbocycles. The lowest BCUT2D eigenvalue weighted by atomic mass is 10.0. The second-order valence-corrected chi connectivity index (χ2v) is 5.37. The fraction of sp³-hybridized carbons (Fsp3) is 0.600. The van der Waals surface area contributed by atoms with E-state index in [0.29, 0.717) is 18.2 Å². The Morgan fingerprint density at radius 3 is 2.41 bits per heavy atom. The second kappa shape index (κ2) is 5.19. The third-order valence-corrected chi connectivity index (χ3v) is 3.47. The molecule has 2 heteroatoms. The van der Waals surface area contributed by atoms with Gasteiger partial charge in [-0.3, -0.25) is 0 Å². The smallest absolute Gasteiger partial charge is 0.0978 e. The quantitative estimate of drug-likeness (QED) is 0.804. The molecule has 0 spiro atoms. The molecule has 1 N–H and O–H groups in total. The minimum atomic E-state index is 0.163. The van der Waals surface area contributed by atoms with E-state index < -0.39 is 0 Å². The van der Waals surface area contributed by atoms with Crippen LogP contribution in [0.2, 0.25) is 0 Å². The van der Waals surface area contributed by atoms with Gasteiger partial charge in [0.25, 0.3) is 0 Å². The Kier molecular flexibility index (Phi) is 3.85. The van der Waals surface area contributed by atoms with Crippen LogP contribution in [0.1, 0.15) is 44.4 Å². The average Bonchev–Trinajstić information content (AvgIpc) is 2.38. The molecule has 0 aromatic heterocycles. The Morgan fingerprint density at radius 2 is 1.76 bits per heavy atom. The van der Waals surface area contributed by atoms with E-state index in [0.717, 1.165) is 6.42 Å². The molecule has 0 amide bonds. The SMILES string of the molecule is Cc1ccc(C2OC(C)CC(C)NC2C)cc1. The van der Waals surface area contributed by atoms with Crippen LogP contribution in [0.5, 0.6) is 0 Å². The predicted octanol–water partition coefficient (Wildman–Crippen LogP) is 3.21. The molecule has 4 unspecified atom stereocenters. The van der Waals surface area contributed by atoms with E-state index in [9.17, 15) is 0 Å². The van der Waals surface area contributed by atoms with Gasteiger partial charge in [-0.2, -0.15) is 0 Å². The molecule has 1 aliphatic heterocycles. The molecule has 1 fully saturated rings. The van der Waals surface area contributed by atoms with Crippen LogP contribution in [-0.2, 0) is 4.74 Å². The molecule has 0 radical (unpaired) electrons. The lowest BCUT2D eigenvalue weighted by Gasteiger charge is -2.25. The first kappa shape index (κ1) is 12.6. The lowest BCUT2D eigenvalue weighted by Crippen LogP contribution is -2.36. The highest BCUT2D eigenvalue weighted by Gasteiger charge is 2.27. The van der Waals surface area contributed by atoms with Gasteiger partial charge < -0.3 is 10.1 Å². The van der Waals surface area contributed by atoms with Gasteiger partial charge in [-0.25, -0.2) is 0 Å². The number of hydrogen-bond donors (Lipinski definition) is 1. The van der Waals surface area contributed by atoms with Crippen molar-refractivity contribution in [3.8, 4) is 0 Å². The van der Waals surface area contributed by atoms with Crippen LogP contribution in [0.25, 0.3) is 0 Å². The van der Waals surface area contributed by atoms with Crippen molar-refractivity contribution < 1.29 is 4.74 Å². The summed E-state index contributed by atoms with van der Waals surface area (Å²) in [6, 6.07) is 9.56. The van der Waals surface area contributed by atoms with Gasteiger partial charge >= 0.3 is 0 Å². The van der Waals surface area contributed by atoms with Crippen molar-refractivity contribution in [1.29, 1.82) is 0 Å². The zero-order valence-electron chi connectivity index (χ0n) is 11.2. The monoisotopic (exact) mass is 233 g/mol. The van der Waals surface area contributed by atoms with E-state index in [1.807, 2.05) is 0 Å². The summed E-state index contributed by atoms with van der Waals surface area (Å²) in [5.74, 6) is 0. The van der Waals surface area contributed by atoms with Crippen LogP contribution in [0, 0.1) is 6.92 Å². The third kappa shape index (κ3) is 3.08. The Bertz CT molecular complexity index is 360. The fourth-order valence-electron chi connectivity index (χ4n) is 2.65. The minimum absolute atomic E-state index is 0.163. The maximum Gasteiger partial charge on any atom is 0.0978 e. The van der Waals surface area contributed by atoms with Crippen LogP contribution in [0.15, 0.2) is 24.3 Å². The Balaban J connectivity index is 2.20. The third-order valence-electron chi connectivity index (χ3n) is 3.47. The van der Waals surface area contributed by atoms with E-state index in [2.05, 4.69) is 57.3 Å². The first-order chi connectivity index (χ1) is 8.06. The van der Waals surface area contributed by atoms with Gasteiger partial charge in [-0.05, 0) is 39.7 Å². The zero-order chi connectivity index (χ0) is 12.4. The van der Waals surface area contributed by atoms with Gasteiger partial charge in [0.1, 0.15) is 0 Å². The largest absolute Gasteiger partial charge is 0.369 e. The van der Waals surface area contributed by atoms with Gasteiger partial charge in [-0.15, -0.1) is 0 Å². The first-order valence-electron chi connectivity index (χ1n) is 6.54. The number of rotatable bonds is 1. The van der Waals surface area contributed by atoms with Gasteiger partial charge in [0.05, 0.1) is 12.2 Å². The molecule has 1 heterocycles. The standard InChI is InChI=1S/C15H23NO/c1-10-5-7-14(8-6-10)15-13(4)16-11(2)9-12(3)17-15/h5-8,11-13,15-16H,9H2,1-4H3. The molecule has 1 aliphatic rings. The average molecular weight is 233 g/mol. The molecule has 0 bridgehead atoms. The zero-order valence-corrected chi connectivity index (χ0v) is 11.2. The van der Waals surface area contributed by atoms with E-state index in [1.54, 1.807) is 0 Å². The van der Waals surface area contributed by atoms with Crippen molar-refractivity contribution in [1.82, 2.24) is 5.32 Å². The fourth-order valence-corrected chi connectivity index (χ4v) is 2.65. The summed E-state index contributed by atoms with van der Waals surface area (Å²) >= 11 is 0. The molecule has 1 saturated heterocycles. The molecular formula is C15H23NO. The number of hydrogen-bond acceptors (Lipinski definition) is 2. The molecule has 17 heavy (non-hydrogen) atoms. The maximum atomic E-state index is 6.16. The Hall–Kier alpha value is -0.860. The molecule has 4 atom stereocenters. The highest BCUT2D eigenvalue weighted by atomic mass is 16.5. The molecule has 1 aromatic carbocycles. The molecular weight excluding hydrogens is 210 g/mol. The Morgan fingerprint density at radius 1 is 1.12 bits per heavy atom. The van der Waals surface area contributed by atoms with Crippen molar-refractivity contribution >= 4 is 0 Å². The van der Waals surface area contributed by atoms with Crippen LogP contribution >= 0.6 is 0 Å². The van der Waals surface area contributed by atoms with E-state index in [-0.39, 0.29) is 6.10 Å². The van der Waals surface area contributed by atoms with Crippen molar-refractivity contribution in [2.75, 3.05) is 0 Å². The van der Waals surface area contributed by atoms with Gasteiger partial charge in [0, 0.05) is 12.1 Å². The van der Waals surface area contributed by atoms with Gasteiger partial charge in [0.2, 0.25) is 0 Å². The summed E-state index contributed by atoms with van der Waals surface area (Å²) in [7, 11) is 0. The van der Waals surface area contributed by atoms with Crippen molar-refractivity contribution in [3.05, 3.63) is 35.4 Å². The second-order valence-electron chi connectivity index (χ2n) is 5.37. The highest BCUT2D eigenvalue weighted by molar-refractivity contribution is 5.24. The van der Waals surface area contributed by atoms with E-state index in [1.165, 1.54) is 11.1 Å². The molecule has 2 nitrogen and oxygen atoms in total. The first-order valence-corrected chi connectivity index (χ1v) is 6.54. The van der Waals surface area contributed by atoms with E-state index >= 15 is 0 Å². The van der Waals surface area contributed by atoms with Crippen molar-refractivity contribution in [2.24, 2.45) is 0 Å². The van der Waals surface area contributed by atoms with Crippen molar-refractivity contribution in [2.45, 2.75) is 58.4 Å². The normalized spacial score (nSPS) is 34.4. The summed E-state index contributed by atoms with van der Waals surface area (Å²) in [6.07, 6.45) is 1.55. The van der Waals surface area contributed by atoms with Crippen LogP contribution in [-0.4, -0.2) is 18.2 Å². The van der Waals surface area contributed by atoms with Crippen molar-refractivity contribution in [3.63, 3.8) is 0 Å². The van der Waals surface area contributed by atoms with Gasteiger partial charge in [0.15, 0.2) is 0 Å². The van der Waals surface area contributed by atoms with Gasteiger partial charge in [-0.1, -0.05) is 29.8 Å². The summed E-state index contributed by atoms with van der Waals surface area (Å²) in [5, 5.41) is 3.61. The summed E-state index contributed by atoms with van der Waals surface area (Å²) in [6.45, 7) is 8.72. The molecule has 94 valence electrons. The molecule has 2 rings (SSSR count). The summed E-state index contributed by atoms with van der Waals surface area (Å²) in [4.78, 5) is 0. The number of nitrogens with one attached hydrogen (secondary N) is 1. The predicted molar refractivity (Wildman–Crippen MR) is 71.1 cm³/mol. The highest BCUT2D eigenvalue weighted by Crippen LogP contribution is 2.27. The maximum absolute atomic E-state index is 6.16. The summed E-state index contributed by atoms with van der Waals surface area (Å²) in [5.41, 5.74) is 2.57. The summed E-state index contributed by atoms with van der Waals surface area (Å²) < 4.78 is 6.16. The number of benzene rings is 1. The Labute approximate surface area is 104 Å². The number of aryl methyl sites for hydroxylation is 1. The van der Waals surface area contributed by atoms with Crippen LogP contribution in [0.4, 0.5) is 0 Å². The van der Waals surface area contributed by atoms with Crippen LogP contribution < -0.4 is 5.32 Å². The van der Waals surface area contributed by atoms with E-state index in [4.69, 9.17) is 4.74 Å². The topological polar surface area (TPSA) is 21.3 Å².